The van der Waals surface area contributed by atoms with E-state index >= 15 is 0 Å². The van der Waals surface area contributed by atoms with Crippen LogP contribution >= 0.6 is 11.6 Å². The number of H-pyrrole nitrogens is 1. The highest BCUT2D eigenvalue weighted by molar-refractivity contribution is 6.17. The SMILES string of the molecule is CC(=O)OCCc1[nH]ncc1CCl. The maximum atomic E-state index is 10.5. The number of halogens is 1. The van der Waals surface area contributed by atoms with Crippen LogP contribution in [0.15, 0.2) is 6.20 Å². The Labute approximate surface area is 81.2 Å². The van der Waals surface area contributed by atoms with Crippen LogP contribution in [0.5, 0.6) is 0 Å². The summed E-state index contributed by atoms with van der Waals surface area (Å²) in [6, 6.07) is 0. The van der Waals surface area contributed by atoms with E-state index in [2.05, 4.69) is 10.2 Å². The molecule has 1 aromatic heterocycles. The lowest BCUT2D eigenvalue weighted by atomic mass is 10.2. The molecule has 0 amide bonds. The molecule has 1 heterocycles. The van der Waals surface area contributed by atoms with Gasteiger partial charge in [-0.2, -0.15) is 5.10 Å². The largest absolute Gasteiger partial charge is 0.465 e. The Bertz CT molecular complexity index is 285. The van der Waals surface area contributed by atoms with Crippen molar-refractivity contribution in [1.29, 1.82) is 0 Å². The lowest BCUT2D eigenvalue weighted by molar-refractivity contribution is -0.140. The summed E-state index contributed by atoms with van der Waals surface area (Å²) in [7, 11) is 0. The van der Waals surface area contributed by atoms with Gasteiger partial charge in [0.25, 0.3) is 0 Å². The predicted octanol–water partition coefficient (Wildman–Crippen LogP) is 1.25. The van der Waals surface area contributed by atoms with Crippen LogP contribution in [0.1, 0.15) is 18.2 Å². The molecule has 13 heavy (non-hydrogen) atoms. The summed E-state index contributed by atoms with van der Waals surface area (Å²) in [5.74, 6) is 0.151. The molecular formula is C8H11ClN2O2. The maximum absolute atomic E-state index is 10.5. The lowest BCUT2D eigenvalue weighted by Crippen LogP contribution is -2.04. The Morgan fingerprint density at radius 1 is 1.77 bits per heavy atom. The van der Waals surface area contributed by atoms with Gasteiger partial charge in [0.1, 0.15) is 0 Å². The molecule has 0 aliphatic heterocycles. The Balaban J connectivity index is 2.40. The minimum atomic E-state index is -0.271. The Morgan fingerprint density at radius 2 is 2.54 bits per heavy atom. The average molecular weight is 203 g/mol. The second-order valence-corrected chi connectivity index (χ2v) is 2.86. The molecule has 0 saturated heterocycles. The Morgan fingerprint density at radius 3 is 3.15 bits per heavy atom. The molecule has 0 fully saturated rings. The minimum absolute atomic E-state index is 0.271. The molecule has 0 aliphatic carbocycles. The fraction of sp³-hybridized carbons (Fsp3) is 0.500. The number of carbonyl (C=O) groups is 1. The molecule has 0 unspecified atom stereocenters. The molecule has 1 N–H and O–H groups in total. The number of hydrogen-bond donors (Lipinski definition) is 1. The third kappa shape index (κ3) is 3.06. The monoisotopic (exact) mass is 202 g/mol. The van der Waals surface area contributed by atoms with E-state index in [0.29, 0.717) is 18.9 Å². The van der Waals surface area contributed by atoms with E-state index in [0.717, 1.165) is 11.3 Å². The van der Waals surface area contributed by atoms with Crippen LogP contribution in [0.4, 0.5) is 0 Å². The normalized spacial score (nSPS) is 10.0. The highest BCUT2D eigenvalue weighted by Gasteiger charge is 2.03. The molecule has 5 heteroatoms. The number of carbonyl (C=O) groups excluding carboxylic acids is 1. The number of nitrogens with one attached hydrogen (secondary N) is 1. The summed E-state index contributed by atoms with van der Waals surface area (Å²) < 4.78 is 4.78. The van der Waals surface area contributed by atoms with E-state index in [1.54, 1.807) is 6.20 Å². The molecule has 0 aromatic carbocycles. The molecule has 1 aromatic rings. The van der Waals surface area contributed by atoms with Crippen LogP contribution in [-0.2, 0) is 21.8 Å². The van der Waals surface area contributed by atoms with Crippen LogP contribution in [0.2, 0.25) is 0 Å². The van der Waals surface area contributed by atoms with Gasteiger partial charge >= 0.3 is 5.97 Å². The van der Waals surface area contributed by atoms with Gasteiger partial charge in [0, 0.05) is 24.6 Å². The smallest absolute Gasteiger partial charge is 0.302 e. The van der Waals surface area contributed by atoms with Crippen molar-refractivity contribution < 1.29 is 9.53 Å². The van der Waals surface area contributed by atoms with Gasteiger partial charge in [-0.05, 0) is 0 Å². The predicted molar refractivity (Wildman–Crippen MR) is 48.5 cm³/mol. The summed E-state index contributed by atoms with van der Waals surface area (Å²) in [5, 5.41) is 6.65. The maximum Gasteiger partial charge on any atom is 0.302 e. The van der Waals surface area contributed by atoms with Gasteiger partial charge in [-0.25, -0.2) is 0 Å². The topological polar surface area (TPSA) is 55.0 Å². The number of alkyl halides is 1. The second-order valence-electron chi connectivity index (χ2n) is 2.60. The van der Waals surface area contributed by atoms with Crippen molar-refractivity contribution in [2.24, 2.45) is 0 Å². The number of aromatic nitrogens is 2. The molecule has 4 nitrogen and oxygen atoms in total. The van der Waals surface area contributed by atoms with Crippen molar-refractivity contribution in [3.63, 3.8) is 0 Å². The third-order valence-electron chi connectivity index (χ3n) is 1.61. The summed E-state index contributed by atoms with van der Waals surface area (Å²) >= 11 is 5.65. The standard InChI is InChI=1S/C8H11ClN2O2/c1-6(12)13-3-2-8-7(4-9)5-10-11-8/h5H,2-4H2,1H3,(H,10,11). The highest BCUT2D eigenvalue weighted by atomic mass is 35.5. The van der Waals surface area contributed by atoms with Gasteiger partial charge in [0.05, 0.1) is 18.7 Å². The van der Waals surface area contributed by atoms with Crippen LogP contribution in [-0.4, -0.2) is 22.8 Å². The molecule has 0 radical (unpaired) electrons. The number of rotatable bonds is 4. The van der Waals surface area contributed by atoms with E-state index in [1.165, 1.54) is 6.92 Å². The minimum Gasteiger partial charge on any atom is -0.465 e. The molecule has 0 saturated carbocycles. The Hall–Kier alpha value is -1.03. The first-order valence-electron chi connectivity index (χ1n) is 3.94. The number of esters is 1. The van der Waals surface area contributed by atoms with Crippen molar-refractivity contribution in [3.05, 3.63) is 17.5 Å². The van der Waals surface area contributed by atoms with Gasteiger partial charge in [-0.15, -0.1) is 11.6 Å². The summed E-state index contributed by atoms with van der Waals surface area (Å²) in [5.41, 5.74) is 1.88. The van der Waals surface area contributed by atoms with Gasteiger partial charge in [-0.3, -0.25) is 9.89 Å². The van der Waals surface area contributed by atoms with Crippen LogP contribution < -0.4 is 0 Å². The zero-order valence-corrected chi connectivity index (χ0v) is 8.10. The van der Waals surface area contributed by atoms with Crippen LogP contribution in [0.3, 0.4) is 0 Å². The van der Waals surface area contributed by atoms with Crippen LogP contribution in [0.25, 0.3) is 0 Å². The van der Waals surface area contributed by atoms with E-state index in [4.69, 9.17) is 16.3 Å². The van der Waals surface area contributed by atoms with Crippen molar-refractivity contribution in [1.82, 2.24) is 10.2 Å². The van der Waals surface area contributed by atoms with Crippen molar-refractivity contribution in [2.45, 2.75) is 19.2 Å². The number of aromatic amines is 1. The van der Waals surface area contributed by atoms with E-state index in [1.807, 2.05) is 0 Å². The molecule has 0 aliphatic rings. The van der Waals surface area contributed by atoms with E-state index in [-0.39, 0.29) is 5.97 Å². The van der Waals surface area contributed by atoms with Crippen molar-refractivity contribution in [2.75, 3.05) is 6.61 Å². The zero-order chi connectivity index (χ0) is 9.68. The highest BCUT2D eigenvalue weighted by Crippen LogP contribution is 2.08. The van der Waals surface area contributed by atoms with Crippen molar-refractivity contribution in [3.8, 4) is 0 Å². The first kappa shape index (κ1) is 10.1. The Kier molecular flexibility index (Phi) is 3.76. The molecule has 0 spiro atoms. The molecule has 0 bridgehead atoms. The van der Waals surface area contributed by atoms with Gasteiger partial charge in [0.15, 0.2) is 0 Å². The fourth-order valence-corrected chi connectivity index (χ4v) is 1.20. The molecule has 0 atom stereocenters. The summed E-state index contributed by atoms with van der Waals surface area (Å²) in [6.07, 6.45) is 2.30. The van der Waals surface area contributed by atoms with E-state index < -0.39 is 0 Å². The number of nitrogens with zero attached hydrogens (tertiary/aromatic N) is 1. The fourth-order valence-electron chi connectivity index (χ4n) is 0.966. The molecule has 1 rings (SSSR count). The summed E-state index contributed by atoms with van der Waals surface area (Å²) in [4.78, 5) is 10.5. The molecular weight excluding hydrogens is 192 g/mol. The van der Waals surface area contributed by atoms with Gasteiger partial charge in [0.2, 0.25) is 0 Å². The molecule has 72 valence electrons. The summed E-state index contributed by atoms with van der Waals surface area (Å²) in [6.45, 7) is 1.75. The van der Waals surface area contributed by atoms with Crippen molar-refractivity contribution >= 4 is 17.6 Å². The quantitative estimate of drug-likeness (QED) is 0.591. The van der Waals surface area contributed by atoms with E-state index in [9.17, 15) is 4.79 Å². The average Bonchev–Trinajstić information content (AvgIpc) is 2.51. The number of hydrogen-bond acceptors (Lipinski definition) is 3. The second kappa shape index (κ2) is 4.87. The zero-order valence-electron chi connectivity index (χ0n) is 7.34. The van der Waals surface area contributed by atoms with Crippen LogP contribution in [0, 0.1) is 0 Å². The third-order valence-corrected chi connectivity index (χ3v) is 1.90. The number of ether oxygens (including phenoxy) is 1. The first-order valence-corrected chi connectivity index (χ1v) is 4.48. The van der Waals surface area contributed by atoms with Gasteiger partial charge < -0.3 is 4.74 Å². The van der Waals surface area contributed by atoms with Gasteiger partial charge in [-0.1, -0.05) is 0 Å². The lowest BCUT2D eigenvalue weighted by Gasteiger charge is -2.00. The first-order chi connectivity index (χ1) is 6.24.